The smallest absolute Gasteiger partial charge is 0.124 e. The van der Waals surface area contributed by atoms with Crippen LogP contribution in [-0.4, -0.2) is 30.6 Å². The number of amidine groups is 1. The van der Waals surface area contributed by atoms with Crippen molar-refractivity contribution >= 4 is 11.5 Å². The van der Waals surface area contributed by atoms with Crippen molar-refractivity contribution < 1.29 is 5.11 Å². The lowest BCUT2D eigenvalue weighted by molar-refractivity contribution is 0.263. The highest BCUT2D eigenvalue weighted by atomic mass is 16.3. The molecule has 0 radical (unpaired) electrons. The molecule has 1 aliphatic heterocycles. The van der Waals surface area contributed by atoms with Gasteiger partial charge in [-0.05, 0) is 43.4 Å². The van der Waals surface area contributed by atoms with E-state index < -0.39 is 0 Å². The van der Waals surface area contributed by atoms with Gasteiger partial charge in [0.25, 0.3) is 0 Å². The van der Waals surface area contributed by atoms with Crippen LogP contribution in [0.3, 0.4) is 0 Å². The first-order valence-corrected chi connectivity index (χ1v) is 6.42. The Balaban J connectivity index is 2.23. The van der Waals surface area contributed by atoms with E-state index in [0.29, 0.717) is 5.92 Å². The maximum atomic E-state index is 9.00. The Morgan fingerprint density at radius 1 is 1.56 bits per heavy atom. The number of aryl methyl sites for hydroxylation is 1. The lowest BCUT2D eigenvalue weighted by atomic mass is 10.1. The van der Waals surface area contributed by atoms with Crippen LogP contribution in [0.4, 0.5) is 5.69 Å². The van der Waals surface area contributed by atoms with Gasteiger partial charge in [-0.25, -0.2) is 0 Å². The molecule has 1 unspecified atom stereocenters. The van der Waals surface area contributed by atoms with Gasteiger partial charge in [0.1, 0.15) is 5.84 Å². The third-order valence-corrected chi connectivity index (χ3v) is 3.61. The molecule has 2 rings (SSSR count). The van der Waals surface area contributed by atoms with Crippen molar-refractivity contribution in [1.29, 1.82) is 5.41 Å². The molecule has 0 aliphatic carbocycles. The summed E-state index contributed by atoms with van der Waals surface area (Å²) in [5.41, 5.74) is 8.69. The second-order valence-corrected chi connectivity index (χ2v) is 5.05. The SMILES string of the molecule is Cc1ccc(C(=N)N)c(N2CCC(CCO)C2)c1. The summed E-state index contributed by atoms with van der Waals surface area (Å²) in [6.07, 6.45) is 1.96. The molecular formula is C14H21N3O. The summed E-state index contributed by atoms with van der Waals surface area (Å²) in [7, 11) is 0. The Hall–Kier alpha value is -1.55. The number of nitrogens with two attached hydrogens (primary N) is 1. The van der Waals surface area contributed by atoms with Crippen LogP contribution in [-0.2, 0) is 0 Å². The fourth-order valence-electron chi connectivity index (χ4n) is 2.60. The number of anilines is 1. The lowest BCUT2D eigenvalue weighted by Gasteiger charge is -2.22. The van der Waals surface area contributed by atoms with Crippen LogP contribution < -0.4 is 10.6 Å². The van der Waals surface area contributed by atoms with Crippen molar-refractivity contribution in [2.45, 2.75) is 19.8 Å². The van der Waals surface area contributed by atoms with Gasteiger partial charge in [-0.1, -0.05) is 6.07 Å². The van der Waals surface area contributed by atoms with Gasteiger partial charge in [-0.2, -0.15) is 0 Å². The third kappa shape index (κ3) is 2.64. The van der Waals surface area contributed by atoms with E-state index >= 15 is 0 Å². The first-order valence-electron chi connectivity index (χ1n) is 6.42. The fourth-order valence-corrected chi connectivity index (χ4v) is 2.60. The molecular weight excluding hydrogens is 226 g/mol. The number of nitrogens with one attached hydrogen (secondary N) is 1. The monoisotopic (exact) mass is 247 g/mol. The Bertz CT molecular complexity index is 445. The molecule has 1 aliphatic rings. The van der Waals surface area contributed by atoms with E-state index in [0.717, 1.165) is 37.2 Å². The highest BCUT2D eigenvalue weighted by molar-refractivity contribution is 6.00. The van der Waals surface area contributed by atoms with Crippen molar-refractivity contribution in [3.8, 4) is 0 Å². The number of nitrogen functional groups attached to an aromatic ring is 1. The molecule has 0 spiro atoms. The molecule has 1 aromatic rings. The average Bonchev–Trinajstić information content (AvgIpc) is 2.77. The molecule has 1 atom stereocenters. The van der Waals surface area contributed by atoms with Crippen LogP contribution in [0.25, 0.3) is 0 Å². The maximum Gasteiger partial charge on any atom is 0.124 e. The van der Waals surface area contributed by atoms with E-state index in [4.69, 9.17) is 16.2 Å². The van der Waals surface area contributed by atoms with Crippen LogP contribution in [0, 0.1) is 18.3 Å². The van der Waals surface area contributed by atoms with Gasteiger partial charge >= 0.3 is 0 Å². The normalized spacial score (nSPS) is 19.2. The number of aliphatic hydroxyl groups excluding tert-OH is 1. The summed E-state index contributed by atoms with van der Waals surface area (Å²) in [6.45, 7) is 4.24. The summed E-state index contributed by atoms with van der Waals surface area (Å²) in [5, 5.41) is 16.7. The maximum absolute atomic E-state index is 9.00. The third-order valence-electron chi connectivity index (χ3n) is 3.61. The predicted octanol–water partition coefficient (Wildman–Crippen LogP) is 1.49. The molecule has 4 heteroatoms. The molecule has 0 saturated carbocycles. The number of benzene rings is 1. The summed E-state index contributed by atoms with van der Waals surface area (Å²) in [5.74, 6) is 0.672. The number of nitrogens with zero attached hydrogens (tertiary/aromatic N) is 1. The van der Waals surface area contributed by atoms with E-state index in [2.05, 4.69) is 17.9 Å². The summed E-state index contributed by atoms with van der Waals surface area (Å²) in [4.78, 5) is 2.28. The van der Waals surface area contributed by atoms with E-state index in [1.807, 2.05) is 12.1 Å². The van der Waals surface area contributed by atoms with Crippen LogP contribution in [0.15, 0.2) is 18.2 Å². The van der Waals surface area contributed by atoms with Gasteiger partial charge < -0.3 is 15.7 Å². The fraction of sp³-hybridized carbons (Fsp3) is 0.500. The van der Waals surface area contributed by atoms with E-state index in [1.54, 1.807) is 0 Å². The molecule has 0 aromatic heterocycles. The highest BCUT2D eigenvalue weighted by Crippen LogP contribution is 2.29. The van der Waals surface area contributed by atoms with Crippen molar-refractivity contribution in [2.24, 2.45) is 11.7 Å². The molecule has 1 heterocycles. The quantitative estimate of drug-likeness (QED) is 0.557. The van der Waals surface area contributed by atoms with Crippen molar-refractivity contribution in [3.05, 3.63) is 29.3 Å². The Morgan fingerprint density at radius 2 is 2.33 bits per heavy atom. The van der Waals surface area contributed by atoms with Gasteiger partial charge in [-0.3, -0.25) is 5.41 Å². The predicted molar refractivity (Wildman–Crippen MR) is 74.2 cm³/mol. The molecule has 4 N–H and O–H groups in total. The van der Waals surface area contributed by atoms with Gasteiger partial charge in [0.15, 0.2) is 0 Å². The minimum Gasteiger partial charge on any atom is -0.396 e. The van der Waals surface area contributed by atoms with E-state index in [9.17, 15) is 0 Å². The molecule has 0 amide bonds. The Labute approximate surface area is 108 Å². The van der Waals surface area contributed by atoms with Crippen LogP contribution in [0.2, 0.25) is 0 Å². The zero-order chi connectivity index (χ0) is 13.1. The van der Waals surface area contributed by atoms with E-state index in [1.165, 1.54) is 5.56 Å². The zero-order valence-electron chi connectivity index (χ0n) is 10.8. The minimum atomic E-state index is 0.121. The van der Waals surface area contributed by atoms with Crippen LogP contribution in [0.5, 0.6) is 0 Å². The molecule has 18 heavy (non-hydrogen) atoms. The topological polar surface area (TPSA) is 73.3 Å². The lowest BCUT2D eigenvalue weighted by Crippen LogP contribution is -2.24. The first-order chi connectivity index (χ1) is 8.61. The summed E-state index contributed by atoms with van der Waals surface area (Å²) < 4.78 is 0. The summed E-state index contributed by atoms with van der Waals surface area (Å²) >= 11 is 0. The Kier molecular flexibility index (Phi) is 3.87. The standard InChI is InChI=1S/C14H21N3O/c1-10-2-3-12(14(15)16)13(8-10)17-6-4-11(9-17)5-7-18/h2-3,8,11,18H,4-7,9H2,1H3,(H3,15,16). The summed E-state index contributed by atoms with van der Waals surface area (Å²) in [6, 6.07) is 6.01. The molecule has 4 nitrogen and oxygen atoms in total. The highest BCUT2D eigenvalue weighted by Gasteiger charge is 2.24. The molecule has 1 aromatic carbocycles. The number of hydrogen-bond acceptors (Lipinski definition) is 3. The van der Waals surface area contributed by atoms with Crippen LogP contribution in [0.1, 0.15) is 24.0 Å². The minimum absolute atomic E-state index is 0.121. The number of rotatable bonds is 4. The van der Waals surface area contributed by atoms with Crippen molar-refractivity contribution in [1.82, 2.24) is 0 Å². The second-order valence-electron chi connectivity index (χ2n) is 5.05. The van der Waals surface area contributed by atoms with Crippen molar-refractivity contribution in [2.75, 3.05) is 24.6 Å². The second kappa shape index (κ2) is 5.40. The van der Waals surface area contributed by atoms with Crippen LogP contribution >= 0.6 is 0 Å². The Morgan fingerprint density at radius 3 is 3.00 bits per heavy atom. The van der Waals surface area contributed by atoms with Gasteiger partial charge in [-0.15, -0.1) is 0 Å². The first kappa shape index (κ1) is 12.9. The molecule has 1 fully saturated rings. The molecule has 0 bridgehead atoms. The van der Waals surface area contributed by atoms with E-state index in [-0.39, 0.29) is 12.4 Å². The van der Waals surface area contributed by atoms with Gasteiger partial charge in [0.2, 0.25) is 0 Å². The number of aliphatic hydroxyl groups is 1. The molecule has 98 valence electrons. The number of hydrogen-bond donors (Lipinski definition) is 3. The largest absolute Gasteiger partial charge is 0.396 e. The van der Waals surface area contributed by atoms with Crippen molar-refractivity contribution in [3.63, 3.8) is 0 Å². The van der Waals surface area contributed by atoms with Gasteiger partial charge in [0.05, 0.1) is 0 Å². The zero-order valence-corrected chi connectivity index (χ0v) is 10.8. The average molecular weight is 247 g/mol. The molecule has 1 saturated heterocycles. The van der Waals surface area contributed by atoms with Gasteiger partial charge in [0, 0.05) is 30.9 Å².